The summed E-state index contributed by atoms with van der Waals surface area (Å²) in [4.78, 5) is 23.4. The SMILES string of the molecule is C=CCCC(=O)C(CC)C(=O)OC(C)(C)C. The number of carbonyl (C=O) groups is 2. The van der Waals surface area contributed by atoms with Crippen molar-refractivity contribution in [2.45, 2.75) is 52.6 Å². The summed E-state index contributed by atoms with van der Waals surface area (Å²) in [6.07, 6.45) is 3.14. The fraction of sp³-hybridized carbons (Fsp3) is 0.692. The minimum Gasteiger partial charge on any atom is -0.459 e. The summed E-state index contributed by atoms with van der Waals surface area (Å²) in [5.74, 6) is -1.10. The first kappa shape index (κ1) is 14.9. The van der Waals surface area contributed by atoms with Gasteiger partial charge in [-0.2, -0.15) is 0 Å². The van der Waals surface area contributed by atoms with Crippen LogP contribution in [0.25, 0.3) is 0 Å². The number of hydrogen-bond donors (Lipinski definition) is 0. The minimum absolute atomic E-state index is 0.0587. The van der Waals surface area contributed by atoms with Gasteiger partial charge in [-0.05, 0) is 33.6 Å². The van der Waals surface area contributed by atoms with Gasteiger partial charge in [-0.15, -0.1) is 6.58 Å². The number of ether oxygens (including phenoxy) is 1. The Kier molecular flexibility index (Phi) is 6.01. The lowest BCUT2D eigenvalue weighted by molar-refractivity contribution is -0.162. The Morgan fingerprint density at radius 3 is 2.31 bits per heavy atom. The van der Waals surface area contributed by atoms with E-state index in [2.05, 4.69) is 6.58 Å². The standard InChI is InChI=1S/C13H22O3/c1-6-8-9-11(14)10(7-2)12(15)16-13(3,4)5/h6,10H,1,7-9H2,2-5H3. The number of Topliss-reactive ketones (excluding diaryl/α,β-unsaturated/α-hetero) is 1. The molecular weight excluding hydrogens is 204 g/mol. The van der Waals surface area contributed by atoms with E-state index in [1.165, 1.54) is 0 Å². The van der Waals surface area contributed by atoms with Crippen LogP contribution in [0.1, 0.15) is 47.0 Å². The molecule has 0 aliphatic rings. The second-order valence-corrected chi connectivity index (χ2v) is 4.79. The van der Waals surface area contributed by atoms with Gasteiger partial charge in [0.2, 0.25) is 0 Å². The van der Waals surface area contributed by atoms with Crippen LogP contribution in [0.2, 0.25) is 0 Å². The normalized spacial score (nSPS) is 13.0. The van der Waals surface area contributed by atoms with Crippen molar-refractivity contribution in [2.75, 3.05) is 0 Å². The first-order valence-electron chi connectivity index (χ1n) is 5.68. The van der Waals surface area contributed by atoms with Crippen LogP contribution in [0.4, 0.5) is 0 Å². The minimum atomic E-state index is -0.626. The molecule has 0 saturated carbocycles. The van der Waals surface area contributed by atoms with E-state index < -0.39 is 17.5 Å². The third-order valence-corrected chi connectivity index (χ3v) is 2.08. The van der Waals surface area contributed by atoms with Crippen molar-refractivity contribution in [3.63, 3.8) is 0 Å². The molecule has 0 radical (unpaired) electrons. The number of carbonyl (C=O) groups excluding carboxylic acids is 2. The van der Waals surface area contributed by atoms with Crippen LogP contribution in [0.15, 0.2) is 12.7 Å². The molecule has 0 spiro atoms. The molecule has 0 amide bonds. The molecule has 0 saturated heterocycles. The van der Waals surface area contributed by atoms with Crippen LogP contribution in [-0.2, 0) is 14.3 Å². The van der Waals surface area contributed by atoms with Crippen molar-refractivity contribution >= 4 is 11.8 Å². The van der Waals surface area contributed by atoms with Gasteiger partial charge in [0.25, 0.3) is 0 Å². The summed E-state index contributed by atoms with van der Waals surface area (Å²) in [6, 6.07) is 0. The van der Waals surface area contributed by atoms with Crippen LogP contribution in [0.5, 0.6) is 0 Å². The third-order valence-electron chi connectivity index (χ3n) is 2.08. The van der Waals surface area contributed by atoms with E-state index in [1.807, 2.05) is 6.92 Å². The molecule has 0 N–H and O–H groups in total. The predicted octanol–water partition coefficient (Wildman–Crippen LogP) is 2.89. The lowest BCUT2D eigenvalue weighted by atomic mass is 9.97. The summed E-state index contributed by atoms with van der Waals surface area (Å²) in [5.41, 5.74) is -0.538. The Morgan fingerprint density at radius 1 is 1.38 bits per heavy atom. The van der Waals surface area contributed by atoms with Gasteiger partial charge in [0, 0.05) is 6.42 Å². The Bertz CT molecular complexity index is 261. The van der Waals surface area contributed by atoms with E-state index in [-0.39, 0.29) is 5.78 Å². The monoisotopic (exact) mass is 226 g/mol. The maximum atomic E-state index is 11.7. The molecule has 0 aromatic carbocycles. The Labute approximate surface area is 97.9 Å². The quantitative estimate of drug-likeness (QED) is 0.397. The van der Waals surface area contributed by atoms with Crippen LogP contribution in [0, 0.1) is 5.92 Å². The highest BCUT2D eigenvalue weighted by molar-refractivity contribution is 5.99. The number of hydrogen-bond acceptors (Lipinski definition) is 3. The summed E-state index contributed by atoms with van der Waals surface area (Å²) in [6.45, 7) is 10.8. The molecule has 0 fully saturated rings. The average molecular weight is 226 g/mol. The van der Waals surface area contributed by atoms with Gasteiger partial charge in [-0.25, -0.2) is 0 Å². The molecule has 0 rings (SSSR count). The lowest BCUT2D eigenvalue weighted by Crippen LogP contribution is -2.32. The number of allylic oxidation sites excluding steroid dienone is 1. The molecule has 0 aromatic heterocycles. The molecular formula is C13H22O3. The van der Waals surface area contributed by atoms with E-state index in [0.29, 0.717) is 19.3 Å². The van der Waals surface area contributed by atoms with Gasteiger partial charge in [-0.3, -0.25) is 9.59 Å². The smallest absolute Gasteiger partial charge is 0.316 e. The fourth-order valence-corrected chi connectivity index (χ4v) is 1.32. The first-order chi connectivity index (χ1) is 7.31. The topological polar surface area (TPSA) is 43.4 Å². The average Bonchev–Trinajstić information content (AvgIpc) is 2.12. The fourth-order valence-electron chi connectivity index (χ4n) is 1.32. The molecule has 0 aliphatic heterocycles. The number of ketones is 1. The zero-order valence-electron chi connectivity index (χ0n) is 10.7. The van der Waals surface area contributed by atoms with E-state index in [4.69, 9.17) is 4.74 Å². The van der Waals surface area contributed by atoms with Gasteiger partial charge in [-0.1, -0.05) is 13.0 Å². The van der Waals surface area contributed by atoms with Gasteiger partial charge < -0.3 is 4.74 Å². The molecule has 92 valence electrons. The van der Waals surface area contributed by atoms with Crippen LogP contribution in [0.3, 0.4) is 0 Å². The van der Waals surface area contributed by atoms with Crippen LogP contribution >= 0.6 is 0 Å². The molecule has 0 aliphatic carbocycles. The molecule has 16 heavy (non-hydrogen) atoms. The summed E-state index contributed by atoms with van der Waals surface area (Å²) in [5, 5.41) is 0. The molecule has 0 aromatic rings. The summed E-state index contributed by atoms with van der Waals surface area (Å²) < 4.78 is 5.21. The van der Waals surface area contributed by atoms with Crippen LogP contribution in [-0.4, -0.2) is 17.4 Å². The van der Waals surface area contributed by atoms with Crippen molar-refractivity contribution in [3.05, 3.63) is 12.7 Å². The Balaban J connectivity index is 4.42. The molecule has 0 bridgehead atoms. The molecule has 3 heteroatoms. The maximum absolute atomic E-state index is 11.7. The highest BCUT2D eigenvalue weighted by atomic mass is 16.6. The van der Waals surface area contributed by atoms with E-state index in [9.17, 15) is 9.59 Å². The van der Waals surface area contributed by atoms with Crippen molar-refractivity contribution in [2.24, 2.45) is 5.92 Å². The Hall–Kier alpha value is -1.12. The van der Waals surface area contributed by atoms with Gasteiger partial charge in [0.1, 0.15) is 17.3 Å². The maximum Gasteiger partial charge on any atom is 0.316 e. The molecule has 3 nitrogen and oxygen atoms in total. The zero-order chi connectivity index (χ0) is 12.8. The van der Waals surface area contributed by atoms with Crippen molar-refractivity contribution in [1.82, 2.24) is 0 Å². The Morgan fingerprint density at radius 2 is 1.94 bits per heavy atom. The van der Waals surface area contributed by atoms with E-state index in [0.717, 1.165) is 0 Å². The van der Waals surface area contributed by atoms with Gasteiger partial charge >= 0.3 is 5.97 Å². The third kappa shape index (κ3) is 5.69. The predicted molar refractivity (Wildman–Crippen MR) is 64.1 cm³/mol. The molecule has 1 atom stereocenters. The van der Waals surface area contributed by atoms with Crippen LogP contribution < -0.4 is 0 Å². The summed E-state index contributed by atoms with van der Waals surface area (Å²) in [7, 11) is 0. The van der Waals surface area contributed by atoms with Crippen molar-refractivity contribution in [3.8, 4) is 0 Å². The largest absolute Gasteiger partial charge is 0.459 e. The second-order valence-electron chi connectivity index (χ2n) is 4.79. The second kappa shape index (κ2) is 6.46. The van der Waals surface area contributed by atoms with Gasteiger partial charge in [0.05, 0.1) is 0 Å². The number of esters is 1. The first-order valence-corrected chi connectivity index (χ1v) is 5.68. The lowest BCUT2D eigenvalue weighted by Gasteiger charge is -2.22. The highest BCUT2D eigenvalue weighted by Gasteiger charge is 2.28. The molecule has 0 heterocycles. The van der Waals surface area contributed by atoms with E-state index in [1.54, 1.807) is 26.8 Å². The van der Waals surface area contributed by atoms with E-state index >= 15 is 0 Å². The molecule has 1 unspecified atom stereocenters. The van der Waals surface area contributed by atoms with Gasteiger partial charge in [0.15, 0.2) is 0 Å². The number of rotatable bonds is 6. The van der Waals surface area contributed by atoms with Crippen molar-refractivity contribution < 1.29 is 14.3 Å². The zero-order valence-corrected chi connectivity index (χ0v) is 10.7. The van der Waals surface area contributed by atoms with Crippen molar-refractivity contribution in [1.29, 1.82) is 0 Å². The highest BCUT2D eigenvalue weighted by Crippen LogP contribution is 2.16. The summed E-state index contributed by atoms with van der Waals surface area (Å²) >= 11 is 0.